The zero-order valence-corrected chi connectivity index (χ0v) is 8.01. The first kappa shape index (κ1) is 8.26. The molecule has 0 aromatic carbocycles. The molecule has 1 heterocycles. The molecule has 4 heteroatoms. The average Bonchev–Trinajstić information content (AvgIpc) is 2.43. The van der Waals surface area contributed by atoms with Crippen LogP contribution in [-0.4, -0.2) is 17.5 Å². The Hall–Kier alpha value is -1.06. The second-order valence-electron chi connectivity index (χ2n) is 4.80. The predicted octanol–water partition coefficient (Wildman–Crippen LogP) is 0.775. The van der Waals surface area contributed by atoms with Crippen LogP contribution in [0.15, 0.2) is 0 Å². The Labute approximate surface area is 82.4 Å². The maximum Gasteiger partial charge on any atom is 0.322 e. The van der Waals surface area contributed by atoms with E-state index in [1.54, 1.807) is 0 Å². The zero-order chi connectivity index (χ0) is 9.76. The maximum atomic E-state index is 11.8. The van der Waals surface area contributed by atoms with Gasteiger partial charge in [-0.15, -0.1) is 0 Å². The minimum Gasteiger partial charge on any atom is -0.323 e. The molecule has 3 aliphatic carbocycles. The number of nitrogens with one attached hydrogen (secondary N) is 2. The van der Waals surface area contributed by atoms with Crippen molar-refractivity contribution in [3.05, 3.63) is 0 Å². The molecule has 76 valence electrons. The summed E-state index contributed by atoms with van der Waals surface area (Å²) >= 11 is 0. The lowest BCUT2D eigenvalue weighted by Gasteiger charge is -2.47. The van der Waals surface area contributed by atoms with E-state index in [0.717, 1.165) is 19.3 Å². The van der Waals surface area contributed by atoms with Gasteiger partial charge in [-0.25, -0.2) is 4.79 Å². The molecule has 1 aliphatic heterocycles. The van der Waals surface area contributed by atoms with Crippen LogP contribution in [0.25, 0.3) is 0 Å². The molecule has 4 fully saturated rings. The standard InChI is InChI=1S/C10H14N2O2/c13-8-10(12-9(14)11-8)5-6-1-3-7(10)4-2-6/h6-7H,1-5H2,(H2,11,12,13,14)/t6?,7?,10-/m0/s1. The molecule has 2 N–H and O–H groups in total. The first-order valence-corrected chi connectivity index (χ1v) is 5.34. The van der Waals surface area contributed by atoms with Crippen molar-refractivity contribution in [3.8, 4) is 0 Å². The van der Waals surface area contributed by atoms with Crippen molar-refractivity contribution in [2.24, 2.45) is 11.8 Å². The van der Waals surface area contributed by atoms with Crippen molar-refractivity contribution >= 4 is 11.9 Å². The van der Waals surface area contributed by atoms with Crippen molar-refractivity contribution in [3.63, 3.8) is 0 Å². The summed E-state index contributed by atoms with van der Waals surface area (Å²) in [4.78, 5) is 22.9. The second-order valence-corrected chi connectivity index (χ2v) is 4.80. The molecule has 0 radical (unpaired) electrons. The van der Waals surface area contributed by atoms with E-state index in [4.69, 9.17) is 0 Å². The molecule has 3 saturated carbocycles. The second kappa shape index (κ2) is 2.49. The summed E-state index contributed by atoms with van der Waals surface area (Å²) < 4.78 is 0. The lowest BCUT2D eigenvalue weighted by atomic mass is 9.60. The lowest BCUT2D eigenvalue weighted by Crippen LogP contribution is -2.58. The highest BCUT2D eigenvalue weighted by Crippen LogP contribution is 2.48. The number of carbonyl (C=O) groups is 2. The highest BCUT2D eigenvalue weighted by atomic mass is 16.2. The summed E-state index contributed by atoms with van der Waals surface area (Å²) in [6.45, 7) is 0. The largest absolute Gasteiger partial charge is 0.323 e. The number of fused-ring (bicyclic) bond motifs is 2. The fraction of sp³-hybridized carbons (Fsp3) is 0.800. The molecule has 4 rings (SSSR count). The molecule has 3 amide bonds. The molecule has 1 atom stereocenters. The number of rotatable bonds is 0. The van der Waals surface area contributed by atoms with Crippen LogP contribution in [0.1, 0.15) is 32.1 Å². The van der Waals surface area contributed by atoms with Crippen molar-refractivity contribution < 1.29 is 9.59 Å². The average molecular weight is 194 g/mol. The van der Waals surface area contributed by atoms with E-state index in [0.29, 0.717) is 11.8 Å². The summed E-state index contributed by atoms with van der Waals surface area (Å²) in [5, 5.41) is 5.22. The van der Waals surface area contributed by atoms with E-state index in [2.05, 4.69) is 10.6 Å². The lowest BCUT2D eigenvalue weighted by molar-refractivity contribution is -0.130. The topological polar surface area (TPSA) is 58.2 Å². The molecule has 0 aromatic rings. The SMILES string of the molecule is O=C1NC(=O)[C@@]2(CC3CCC2CC3)N1. The first-order chi connectivity index (χ1) is 6.71. The van der Waals surface area contributed by atoms with E-state index in [-0.39, 0.29) is 11.9 Å². The number of amides is 3. The number of imide groups is 1. The van der Waals surface area contributed by atoms with E-state index in [9.17, 15) is 9.59 Å². The van der Waals surface area contributed by atoms with Crippen LogP contribution in [0, 0.1) is 11.8 Å². The third-order valence-electron chi connectivity index (χ3n) is 4.12. The summed E-state index contributed by atoms with van der Waals surface area (Å²) in [5.74, 6) is 0.931. The smallest absolute Gasteiger partial charge is 0.322 e. The van der Waals surface area contributed by atoms with Crippen LogP contribution in [0.3, 0.4) is 0 Å². The summed E-state index contributed by atoms with van der Waals surface area (Å²) in [7, 11) is 0. The van der Waals surface area contributed by atoms with Gasteiger partial charge in [0.1, 0.15) is 5.54 Å². The van der Waals surface area contributed by atoms with E-state index < -0.39 is 5.54 Å². The monoisotopic (exact) mass is 194 g/mol. The highest BCUT2D eigenvalue weighted by molar-refractivity contribution is 6.07. The van der Waals surface area contributed by atoms with Gasteiger partial charge in [0.25, 0.3) is 5.91 Å². The van der Waals surface area contributed by atoms with Gasteiger partial charge in [0.2, 0.25) is 0 Å². The van der Waals surface area contributed by atoms with Gasteiger partial charge in [-0.05, 0) is 43.9 Å². The maximum absolute atomic E-state index is 11.8. The Bertz CT molecular complexity index is 307. The fourth-order valence-corrected chi connectivity index (χ4v) is 3.42. The Morgan fingerprint density at radius 3 is 2.29 bits per heavy atom. The molecular formula is C10H14N2O2. The predicted molar refractivity (Wildman–Crippen MR) is 49.5 cm³/mol. The minimum absolute atomic E-state index is 0.0862. The third-order valence-corrected chi connectivity index (χ3v) is 4.12. The minimum atomic E-state index is -0.530. The van der Waals surface area contributed by atoms with Gasteiger partial charge in [-0.3, -0.25) is 10.1 Å². The van der Waals surface area contributed by atoms with Gasteiger partial charge >= 0.3 is 6.03 Å². The number of carbonyl (C=O) groups excluding carboxylic acids is 2. The Balaban J connectivity index is 1.96. The first-order valence-electron chi connectivity index (χ1n) is 5.34. The van der Waals surface area contributed by atoms with Gasteiger partial charge in [0.15, 0.2) is 0 Å². The third kappa shape index (κ3) is 0.885. The van der Waals surface area contributed by atoms with Gasteiger partial charge in [0.05, 0.1) is 0 Å². The summed E-state index contributed by atoms with van der Waals surface area (Å²) in [6.07, 6.45) is 5.51. The van der Waals surface area contributed by atoms with Crippen LogP contribution >= 0.6 is 0 Å². The van der Waals surface area contributed by atoms with Crippen LogP contribution in [0.2, 0.25) is 0 Å². The molecule has 4 nitrogen and oxygen atoms in total. The zero-order valence-electron chi connectivity index (χ0n) is 8.01. The van der Waals surface area contributed by atoms with E-state index in [1.807, 2.05) is 0 Å². The summed E-state index contributed by atoms with van der Waals surface area (Å²) in [6, 6.07) is -0.303. The number of hydrogen-bond donors (Lipinski definition) is 2. The number of hydrogen-bond acceptors (Lipinski definition) is 2. The molecule has 2 bridgehead atoms. The van der Waals surface area contributed by atoms with Crippen molar-refractivity contribution in [2.45, 2.75) is 37.6 Å². The van der Waals surface area contributed by atoms with Crippen LogP contribution in [0.5, 0.6) is 0 Å². The Morgan fingerprint density at radius 2 is 1.86 bits per heavy atom. The Kier molecular flexibility index (Phi) is 1.47. The molecule has 14 heavy (non-hydrogen) atoms. The van der Waals surface area contributed by atoms with Crippen LogP contribution in [-0.2, 0) is 4.79 Å². The van der Waals surface area contributed by atoms with Crippen molar-refractivity contribution in [2.75, 3.05) is 0 Å². The molecule has 4 aliphatic rings. The molecular weight excluding hydrogens is 180 g/mol. The van der Waals surface area contributed by atoms with Crippen LogP contribution in [0.4, 0.5) is 4.79 Å². The van der Waals surface area contributed by atoms with Gasteiger partial charge in [-0.2, -0.15) is 0 Å². The molecule has 1 spiro atoms. The molecule has 0 unspecified atom stereocenters. The van der Waals surface area contributed by atoms with Gasteiger partial charge in [-0.1, -0.05) is 0 Å². The fourth-order valence-electron chi connectivity index (χ4n) is 3.42. The summed E-state index contributed by atoms with van der Waals surface area (Å²) in [5.41, 5.74) is -0.530. The van der Waals surface area contributed by atoms with Gasteiger partial charge in [0, 0.05) is 0 Å². The normalized spacial score (nSPS) is 45.4. The Morgan fingerprint density at radius 1 is 1.14 bits per heavy atom. The van der Waals surface area contributed by atoms with Crippen molar-refractivity contribution in [1.82, 2.24) is 10.6 Å². The molecule has 1 saturated heterocycles. The number of urea groups is 1. The van der Waals surface area contributed by atoms with Crippen molar-refractivity contribution in [1.29, 1.82) is 0 Å². The quantitative estimate of drug-likeness (QED) is 0.560. The van der Waals surface area contributed by atoms with Crippen LogP contribution < -0.4 is 10.6 Å². The van der Waals surface area contributed by atoms with Gasteiger partial charge < -0.3 is 5.32 Å². The highest BCUT2D eigenvalue weighted by Gasteiger charge is 2.56. The van der Waals surface area contributed by atoms with E-state index >= 15 is 0 Å². The molecule has 0 aromatic heterocycles. The van der Waals surface area contributed by atoms with E-state index in [1.165, 1.54) is 12.8 Å².